The van der Waals surface area contributed by atoms with Crippen LogP contribution < -0.4 is 0 Å². The molecular weight excluding hydrogens is 759 g/mol. The van der Waals surface area contributed by atoms with Crippen LogP contribution in [0.3, 0.4) is 0 Å². The van der Waals surface area contributed by atoms with Gasteiger partial charge in [0.1, 0.15) is 0 Å². The molecule has 0 amide bonds. The molecule has 10 rings (SSSR count). The summed E-state index contributed by atoms with van der Waals surface area (Å²) in [6.07, 6.45) is 0. The molecule has 0 radical (unpaired) electrons. The zero-order valence-electron chi connectivity index (χ0n) is 34.2. The van der Waals surface area contributed by atoms with Crippen LogP contribution in [0.1, 0.15) is 11.4 Å². The summed E-state index contributed by atoms with van der Waals surface area (Å²) in [6, 6.07) is 68.0. The van der Waals surface area contributed by atoms with E-state index < -0.39 is 0 Å². The summed E-state index contributed by atoms with van der Waals surface area (Å²) in [5.74, 6) is 3.14. The van der Waals surface area contributed by atoms with Crippen molar-refractivity contribution < 1.29 is 0 Å². The molecule has 0 aliphatic heterocycles. The smallest absolute Gasteiger partial charge is 0.164 e. The van der Waals surface area contributed by atoms with E-state index in [1.54, 1.807) is 0 Å². The lowest BCUT2D eigenvalue weighted by atomic mass is 9.91. The first-order valence-electron chi connectivity index (χ1n) is 20.6. The number of hydrogen-bond donors (Lipinski definition) is 0. The van der Waals surface area contributed by atoms with Gasteiger partial charge in [0.05, 0.1) is 11.4 Å². The van der Waals surface area contributed by atoms with Crippen molar-refractivity contribution in [1.82, 2.24) is 34.9 Å². The second-order valence-electron chi connectivity index (χ2n) is 15.1. The van der Waals surface area contributed by atoms with Crippen molar-refractivity contribution >= 4 is 0 Å². The maximum absolute atomic E-state index is 5.22. The predicted molar refractivity (Wildman–Crippen MR) is 249 cm³/mol. The SMILES string of the molecule is Cc1cc(C)nc(-c2cc(-c3cccc(-c4nc(-c5ccccc5)nc(-c5ccccc5)n4)c3)cc(-c3ccccc3-c3cc(-c4ccccc4)nc(-c4ccccc4)n3)c2)n1. The first-order chi connectivity index (χ1) is 30.5. The van der Waals surface area contributed by atoms with E-state index in [-0.39, 0.29) is 0 Å². The molecule has 62 heavy (non-hydrogen) atoms. The van der Waals surface area contributed by atoms with Gasteiger partial charge in [-0.1, -0.05) is 164 Å². The maximum atomic E-state index is 5.22. The Morgan fingerprint density at radius 2 is 0.613 bits per heavy atom. The second kappa shape index (κ2) is 16.8. The molecule has 0 unspecified atom stereocenters. The molecule has 7 heteroatoms. The summed E-state index contributed by atoms with van der Waals surface area (Å²) in [7, 11) is 0. The van der Waals surface area contributed by atoms with E-state index in [1.807, 2.05) is 117 Å². The van der Waals surface area contributed by atoms with Gasteiger partial charge in [0.15, 0.2) is 29.1 Å². The van der Waals surface area contributed by atoms with Crippen LogP contribution in [0.4, 0.5) is 0 Å². The number of aryl methyl sites for hydroxylation is 2. The largest absolute Gasteiger partial charge is 0.233 e. The fourth-order valence-electron chi connectivity index (χ4n) is 7.73. The van der Waals surface area contributed by atoms with Crippen LogP contribution in [0, 0.1) is 13.8 Å². The fourth-order valence-corrected chi connectivity index (χ4v) is 7.73. The summed E-state index contributed by atoms with van der Waals surface area (Å²) in [6.45, 7) is 4.02. The van der Waals surface area contributed by atoms with Gasteiger partial charge in [-0.3, -0.25) is 0 Å². The average molecular weight is 798 g/mol. The minimum absolute atomic E-state index is 0.589. The highest BCUT2D eigenvalue weighted by molar-refractivity contribution is 5.88. The molecule has 0 saturated carbocycles. The molecule has 0 fully saturated rings. The summed E-state index contributed by atoms with van der Waals surface area (Å²) >= 11 is 0. The zero-order chi connectivity index (χ0) is 41.8. The van der Waals surface area contributed by atoms with Crippen molar-refractivity contribution in [2.24, 2.45) is 0 Å². The van der Waals surface area contributed by atoms with Crippen molar-refractivity contribution in [2.45, 2.75) is 13.8 Å². The molecule has 0 saturated heterocycles. The number of benzene rings is 7. The fraction of sp³-hybridized carbons (Fsp3) is 0.0364. The van der Waals surface area contributed by atoms with E-state index in [9.17, 15) is 0 Å². The van der Waals surface area contributed by atoms with E-state index in [2.05, 4.69) is 97.1 Å². The predicted octanol–water partition coefficient (Wildman–Crippen LogP) is 13.1. The van der Waals surface area contributed by atoms with Crippen LogP contribution in [0.5, 0.6) is 0 Å². The molecule has 0 N–H and O–H groups in total. The van der Waals surface area contributed by atoms with E-state index in [0.717, 1.165) is 84.0 Å². The van der Waals surface area contributed by atoms with Gasteiger partial charge in [-0.15, -0.1) is 0 Å². The summed E-state index contributed by atoms with van der Waals surface area (Å²) < 4.78 is 0. The quantitative estimate of drug-likeness (QED) is 0.144. The Bertz CT molecular complexity index is 3060. The van der Waals surface area contributed by atoms with Crippen molar-refractivity contribution in [1.29, 1.82) is 0 Å². The third kappa shape index (κ3) is 8.03. The number of rotatable bonds is 9. The Hall–Kier alpha value is -8.29. The second-order valence-corrected chi connectivity index (χ2v) is 15.1. The Labute approximate surface area is 360 Å². The van der Waals surface area contributed by atoms with Crippen LogP contribution in [0.25, 0.3) is 102 Å². The van der Waals surface area contributed by atoms with Crippen LogP contribution in [-0.4, -0.2) is 34.9 Å². The minimum atomic E-state index is 0.589. The van der Waals surface area contributed by atoms with Gasteiger partial charge in [-0.25, -0.2) is 34.9 Å². The Kier molecular flexibility index (Phi) is 10.3. The monoisotopic (exact) mass is 797 g/mol. The first kappa shape index (κ1) is 37.9. The lowest BCUT2D eigenvalue weighted by Crippen LogP contribution is -2.00. The van der Waals surface area contributed by atoms with Gasteiger partial charge in [0, 0.05) is 50.3 Å². The van der Waals surface area contributed by atoms with Crippen LogP contribution in [-0.2, 0) is 0 Å². The van der Waals surface area contributed by atoms with Gasteiger partial charge in [-0.2, -0.15) is 0 Å². The molecular formula is C55H39N7. The van der Waals surface area contributed by atoms with Crippen LogP contribution >= 0.6 is 0 Å². The van der Waals surface area contributed by atoms with E-state index in [4.69, 9.17) is 34.9 Å². The zero-order valence-corrected chi connectivity index (χ0v) is 34.2. The van der Waals surface area contributed by atoms with E-state index >= 15 is 0 Å². The van der Waals surface area contributed by atoms with Crippen molar-refractivity contribution in [3.8, 4) is 102 Å². The van der Waals surface area contributed by atoms with Crippen LogP contribution in [0.2, 0.25) is 0 Å². The lowest BCUT2D eigenvalue weighted by Gasteiger charge is -2.16. The molecule has 7 aromatic carbocycles. The van der Waals surface area contributed by atoms with Crippen molar-refractivity contribution in [3.63, 3.8) is 0 Å². The van der Waals surface area contributed by atoms with Gasteiger partial charge >= 0.3 is 0 Å². The van der Waals surface area contributed by atoms with Gasteiger partial charge in [0.2, 0.25) is 0 Å². The minimum Gasteiger partial charge on any atom is -0.233 e. The molecule has 294 valence electrons. The summed E-state index contributed by atoms with van der Waals surface area (Å²) in [5.41, 5.74) is 14.1. The van der Waals surface area contributed by atoms with Gasteiger partial charge < -0.3 is 0 Å². The molecule has 7 nitrogen and oxygen atoms in total. The lowest BCUT2D eigenvalue weighted by molar-refractivity contribution is 1.06. The van der Waals surface area contributed by atoms with Crippen molar-refractivity contribution in [2.75, 3.05) is 0 Å². The average Bonchev–Trinajstić information content (AvgIpc) is 3.34. The highest BCUT2D eigenvalue weighted by atomic mass is 15.0. The van der Waals surface area contributed by atoms with E-state index in [1.165, 1.54) is 0 Å². The Morgan fingerprint density at radius 3 is 1.19 bits per heavy atom. The molecule has 3 heterocycles. The highest BCUT2D eigenvalue weighted by Gasteiger charge is 2.18. The van der Waals surface area contributed by atoms with E-state index in [0.29, 0.717) is 29.1 Å². The third-order valence-corrected chi connectivity index (χ3v) is 10.7. The summed E-state index contributed by atoms with van der Waals surface area (Å²) in [5, 5.41) is 0. The summed E-state index contributed by atoms with van der Waals surface area (Å²) in [4.78, 5) is 35.1. The van der Waals surface area contributed by atoms with Crippen LogP contribution in [0.15, 0.2) is 200 Å². The molecule has 0 aliphatic rings. The van der Waals surface area contributed by atoms with Crippen molar-refractivity contribution in [3.05, 3.63) is 212 Å². The highest BCUT2D eigenvalue weighted by Crippen LogP contribution is 2.39. The molecule has 0 aliphatic carbocycles. The standard InChI is InChI=1S/C55H39N7/c1-36-30-37(2)57-55(56-36)46-33-44(42-26-17-27-43(31-42)54-61-52(40-22-11-5-12-23-40)60-53(62-54)41-24-13-6-14-25-41)32-45(34-46)47-28-15-16-29-48(47)50-35-49(38-18-7-3-8-19-38)58-51(59-50)39-20-9-4-10-21-39/h3-35H,1-2H3. The van der Waals surface area contributed by atoms with Gasteiger partial charge in [-0.05, 0) is 72.5 Å². The topological polar surface area (TPSA) is 90.2 Å². The molecule has 10 aromatic rings. The first-order valence-corrected chi connectivity index (χ1v) is 20.6. The van der Waals surface area contributed by atoms with Gasteiger partial charge in [0.25, 0.3) is 0 Å². The molecule has 0 atom stereocenters. The Morgan fingerprint density at radius 1 is 0.226 bits per heavy atom. The number of hydrogen-bond acceptors (Lipinski definition) is 7. The third-order valence-electron chi connectivity index (χ3n) is 10.7. The normalized spacial score (nSPS) is 11.1. The Balaban J connectivity index is 1.14. The molecule has 0 bridgehead atoms. The molecule has 3 aromatic heterocycles. The number of aromatic nitrogens is 7. The molecule has 0 spiro atoms. The maximum Gasteiger partial charge on any atom is 0.164 e. The number of nitrogens with zero attached hydrogens (tertiary/aromatic N) is 7.